The zero-order valence-electron chi connectivity index (χ0n) is 21.1. The van der Waals surface area contributed by atoms with Crippen LogP contribution in [-0.2, 0) is 23.0 Å². The summed E-state index contributed by atoms with van der Waals surface area (Å²) in [6.07, 6.45) is 0. The first kappa shape index (κ1) is 23.1. The molecule has 6 heteroatoms. The summed E-state index contributed by atoms with van der Waals surface area (Å²) in [7, 11) is 0. The lowest BCUT2D eigenvalue weighted by atomic mass is 9.82. The van der Waals surface area contributed by atoms with Gasteiger partial charge in [-0.05, 0) is 73.5 Å². The van der Waals surface area contributed by atoms with Crippen molar-refractivity contribution in [2.45, 2.75) is 47.0 Å². The number of rotatable bonds is 3. The normalized spacial score (nSPS) is 16.1. The highest BCUT2D eigenvalue weighted by atomic mass is 79.9. The van der Waals surface area contributed by atoms with E-state index in [1.807, 2.05) is 12.1 Å². The molecule has 0 spiro atoms. The van der Waals surface area contributed by atoms with Crippen LogP contribution in [0.4, 0.5) is 0 Å². The van der Waals surface area contributed by atoms with Crippen molar-refractivity contribution >= 4 is 70.8 Å². The average molecular weight is 556 g/mol. The van der Waals surface area contributed by atoms with Crippen LogP contribution in [0.15, 0.2) is 46.9 Å². The number of carbonyl (C=O) groups is 2. The summed E-state index contributed by atoms with van der Waals surface area (Å²) >= 11 is 3.84. The third kappa shape index (κ3) is 2.98. The second kappa shape index (κ2) is 7.97. The second-order valence-electron chi connectivity index (χ2n) is 11.0. The fourth-order valence-corrected chi connectivity index (χ4v) is 7.58. The third-order valence-electron chi connectivity index (χ3n) is 8.20. The molecule has 0 bridgehead atoms. The number of hydrogen-bond donors (Lipinski definition) is 0. The number of amides is 2. The van der Waals surface area contributed by atoms with Gasteiger partial charge in [-0.2, -0.15) is 0 Å². The Labute approximate surface area is 222 Å². The summed E-state index contributed by atoms with van der Waals surface area (Å²) in [5, 5.41) is 8.30. The van der Waals surface area contributed by atoms with Gasteiger partial charge in [0.15, 0.2) is 0 Å². The monoisotopic (exact) mass is 555 g/mol. The van der Waals surface area contributed by atoms with E-state index in [0.717, 1.165) is 58.7 Å². The summed E-state index contributed by atoms with van der Waals surface area (Å²) in [5.74, 6) is -0.0902. The highest BCUT2D eigenvalue weighted by molar-refractivity contribution is 9.10. The highest BCUT2D eigenvalue weighted by Gasteiger charge is 2.40. The predicted octanol–water partition coefficient (Wildman–Crippen LogP) is 7.74. The molecule has 5 aromatic carbocycles. The van der Waals surface area contributed by atoms with Gasteiger partial charge >= 0.3 is 0 Å². The number of fused-ring (bicyclic) bond motifs is 2. The molecule has 2 aliphatic rings. The van der Waals surface area contributed by atoms with E-state index < -0.39 is 0 Å². The number of halogens is 1. The van der Waals surface area contributed by atoms with Crippen LogP contribution in [0.2, 0.25) is 0 Å². The zero-order valence-corrected chi connectivity index (χ0v) is 22.7. The molecule has 37 heavy (non-hydrogen) atoms. The van der Waals surface area contributed by atoms with Crippen molar-refractivity contribution in [3.05, 3.63) is 69.2 Å². The predicted molar refractivity (Wildman–Crippen MR) is 149 cm³/mol. The average Bonchev–Trinajstić information content (AvgIpc) is 3.07. The lowest BCUT2D eigenvalue weighted by molar-refractivity contribution is -0.311. The Balaban J connectivity index is 1.62. The molecule has 0 unspecified atom stereocenters. The van der Waals surface area contributed by atoms with Crippen LogP contribution in [0.5, 0.6) is 0 Å². The van der Waals surface area contributed by atoms with Crippen LogP contribution in [0, 0.1) is 11.8 Å². The van der Waals surface area contributed by atoms with Crippen LogP contribution in [-0.4, -0.2) is 22.8 Å². The molecule has 5 aromatic rings. The van der Waals surface area contributed by atoms with E-state index in [1.54, 1.807) is 0 Å². The summed E-state index contributed by atoms with van der Waals surface area (Å²) in [6, 6.07) is 14.1. The molecule has 0 aromatic heterocycles. The molecule has 0 aliphatic carbocycles. The topological polar surface area (TPSA) is 55.8 Å². The molecule has 0 saturated carbocycles. The SMILES string of the molecule is CC(C)C(C(C)C)N1C(=O)c2ccc3c4ccc5c6c(cc(Br)c(c7ccc(c2c37)C1=O)c64)COOC5. The van der Waals surface area contributed by atoms with Gasteiger partial charge in [0, 0.05) is 32.4 Å². The molecule has 7 rings (SSSR count). The first-order valence-electron chi connectivity index (χ1n) is 12.8. The van der Waals surface area contributed by atoms with Gasteiger partial charge in [-0.25, -0.2) is 9.78 Å². The fraction of sp³-hybridized carbons (Fsp3) is 0.290. The summed E-state index contributed by atoms with van der Waals surface area (Å²) in [6.45, 7) is 9.06. The standard InChI is InChI=1S/C31H26BrNO4/c1-14(2)29(15(3)4)33-30(34)21-9-7-18-19-6-5-16-12-36-37-13-17-11-23(32)27(28(19)24(16)17)20-8-10-22(31(33)35)26(21)25(18)20/h5-11,14-15,29H,12-13H2,1-4H3. The summed E-state index contributed by atoms with van der Waals surface area (Å²) in [4.78, 5) is 40.2. The van der Waals surface area contributed by atoms with Crippen molar-refractivity contribution in [1.29, 1.82) is 0 Å². The molecule has 2 aliphatic heterocycles. The minimum absolute atomic E-state index is 0.154. The van der Waals surface area contributed by atoms with Gasteiger partial charge in [0.05, 0.1) is 0 Å². The van der Waals surface area contributed by atoms with Crippen molar-refractivity contribution in [3.8, 4) is 0 Å². The Hall–Kier alpha value is -3.06. The van der Waals surface area contributed by atoms with E-state index in [9.17, 15) is 9.59 Å². The van der Waals surface area contributed by atoms with E-state index in [-0.39, 0.29) is 29.7 Å². The van der Waals surface area contributed by atoms with Gasteiger partial charge in [0.25, 0.3) is 11.8 Å². The first-order valence-corrected chi connectivity index (χ1v) is 13.6. The Bertz CT molecular complexity index is 1770. The Morgan fingerprint density at radius 1 is 0.676 bits per heavy atom. The van der Waals surface area contributed by atoms with E-state index >= 15 is 0 Å². The van der Waals surface area contributed by atoms with E-state index in [4.69, 9.17) is 9.78 Å². The Morgan fingerprint density at radius 3 is 1.89 bits per heavy atom. The Kier molecular flexibility index (Phi) is 4.97. The molecule has 0 saturated heterocycles. The number of imide groups is 1. The van der Waals surface area contributed by atoms with Crippen molar-refractivity contribution in [3.63, 3.8) is 0 Å². The molecular formula is C31H26BrNO4. The maximum absolute atomic E-state index is 13.9. The molecule has 5 nitrogen and oxygen atoms in total. The molecule has 2 heterocycles. The number of carbonyl (C=O) groups excluding carboxylic acids is 2. The third-order valence-corrected chi connectivity index (χ3v) is 8.82. The summed E-state index contributed by atoms with van der Waals surface area (Å²) in [5.41, 5.74) is 3.36. The van der Waals surface area contributed by atoms with Crippen LogP contribution in [0.3, 0.4) is 0 Å². The smallest absolute Gasteiger partial charge is 0.261 e. The minimum Gasteiger partial charge on any atom is -0.271 e. The van der Waals surface area contributed by atoms with E-state index in [1.165, 1.54) is 4.90 Å². The van der Waals surface area contributed by atoms with Crippen LogP contribution < -0.4 is 0 Å². The molecular weight excluding hydrogens is 530 g/mol. The summed E-state index contributed by atoms with van der Waals surface area (Å²) < 4.78 is 0.958. The fourth-order valence-electron chi connectivity index (χ4n) is 6.89. The lowest BCUT2D eigenvalue weighted by Crippen LogP contribution is -2.51. The van der Waals surface area contributed by atoms with Gasteiger partial charge in [-0.1, -0.05) is 67.9 Å². The van der Waals surface area contributed by atoms with Crippen LogP contribution in [0.25, 0.3) is 43.1 Å². The van der Waals surface area contributed by atoms with Gasteiger partial charge < -0.3 is 0 Å². The molecule has 0 radical (unpaired) electrons. The maximum Gasteiger partial charge on any atom is 0.261 e. The molecule has 186 valence electrons. The molecule has 2 amide bonds. The van der Waals surface area contributed by atoms with Crippen molar-refractivity contribution in [1.82, 2.24) is 4.90 Å². The zero-order chi connectivity index (χ0) is 25.7. The van der Waals surface area contributed by atoms with Crippen molar-refractivity contribution < 1.29 is 19.4 Å². The quantitative estimate of drug-likeness (QED) is 0.0988. The Morgan fingerprint density at radius 2 is 1.24 bits per heavy atom. The number of nitrogens with zero attached hydrogens (tertiary/aromatic N) is 1. The van der Waals surface area contributed by atoms with Crippen LogP contribution >= 0.6 is 15.9 Å². The minimum atomic E-state index is -0.200. The second-order valence-corrected chi connectivity index (χ2v) is 11.8. The van der Waals surface area contributed by atoms with Crippen molar-refractivity contribution in [2.24, 2.45) is 11.8 Å². The molecule has 0 fully saturated rings. The maximum atomic E-state index is 13.9. The van der Waals surface area contributed by atoms with Crippen molar-refractivity contribution in [2.75, 3.05) is 0 Å². The molecule has 0 atom stereocenters. The van der Waals surface area contributed by atoms with Gasteiger partial charge in [-0.3, -0.25) is 14.5 Å². The van der Waals surface area contributed by atoms with Crippen LogP contribution in [0.1, 0.15) is 59.5 Å². The van der Waals surface area contributed by atoms with E-state index in [0.29, 0.717) is 24.3 Å². The number of hydrogen-bond acceptors (Lipinski definition) is 4. The largest absolute Gasteiger partial charge is 0.271 e. The first-order chi connectivity index (χ1) is 17.8. The highest BCUT2D eigenvalue weighted by Crippen LogP contribution is 2.48. The lowest BCUT2D eigenvalue weighted by Gasteiger charge is -2.38. The van der Waals surface area contributed by atoms with Gasteiger partial charge in [0.2, 0.25) is 0 Å². The van der Waals surface area contributed by atoms with E-state index in [2.05, 4.69) is 74.0 Å². The molecule has 0 N–H and O–H groups in total. The van der Waals surface area contributed by atoms with Gasteiger partial charge in [0.1, 0.15) is 13.2 Å². The number of benzene rings is 5. The van der Waals surface area contributed by atoms with Gasteiger partial charge in [-0.15, -0.1) is 0 Å².